The lowest BCUT2D eigenvalue weighted by Gasteiger charge is -2.19. The van der Waals surface area contributed by atoms with E-state index in [0.29, 0.717) is 6.61 Å². The molecule has 1 amide bonds. The van der Waals surface area contributed by atoms with Crippen LogP contribution in [0.2, 0.25) is 0 Å². The fourth-order valence-corrected chi connectivity index (χ4v) is 1.01. The van der Waals surface area contributed by atoms with E-state index in [9.17, 15) is 4.79 Å². The molecule has 2 unspecified atom stereocenters. The Morgan fingerprint density at radius 2 is 2.00 bits per heavy atom. The molecule has 0 fully saturated rings. The van der Waals surface area contributed by atoms with Crippen LogP contribution in [-0.4, -0.2) is 31.7 Å². The maximum Gasteiger partial charge on any atom is 0.237 e. The van der Waals surface area contributed by atoms with Crippen LogP contribution >= 0.6 is 0 Å². The average Bonchev–Trinajstić information content (AvgIpc) is 2.13. The van der Waals surface area contributed by atoms with Crippen molar-refractivity contribution in [2.24, 2.45) is 11.7 Å². The Kier molecular flexibility index (Phi) is 6.49. The molecule has 0 aromatic carbocycles. The van der Waals surface area contributed by atoms with Crippen LogP contribution in [0.4, 0.5) is 0 Å². The van der Waals surface area contributed by atoms with Gasteiger partial charge in [0.2, 0.25) is 5.91 Å². The molecule has 14 heavy (non-hydrogen) atoms. The first-order chi connectivity index (χ1) is 6.49. The van der Waals surface area contributed by atoms with Gasteiger partial charge in [-0.3, -0.25) is 4.79 Å². The standard InChI is InChI=1S/C10H22N2O2/c1-7(2)9(11)10(13)12-8(3)5-6-14-4/h7-9H,5-6,11H2,1-4H3,(H,12,13). The van der Waals surface area contributed by atoms with Crippen molar-refractivity contribution in [3.05, 3.63) is 0 Å². The monoisotopic (exact) mass is 202 g/mol. The topological polar surface area (TPSA) is 64.3 Å². The molecule has 4 heteroatoms. The van der Waals surface area contributed by atoms with Gasteiger partial charge in [0.1, 0.15) is 0 Å². The van der Waals surface area contributed by atoms with Gasteiger partial charge in [0, 0.05) is 19.8 Å². The number of ether oxygens (including phenoxy) is 1. The summed E-state index contributed by atoms with van der Waals surface area (Å²) in [5.41, 5.74) is 5.69. The molecule has 2 atom stereocenters. The number of rotatable bonds is 6. The second kappa shape index (κ2) is 6.79. The summed E-state index contributed by atoms with van der Waals surface area (Å²) in [6, 6.07) is -0.299. The van der Waals surface area contributed by atoms with Gasteiger partial charge in [-0.15, -0.1) is 0 Å². The van der Waals surface area contributed by atoms with Gasteiger partial charge in [0.15, 0.2) is 0 Å². The van der Waals surface area contributed by atoms with E-state index in [2.05, 4.69) is 5.32 Å². The number of nitrogens with two attached hydrogens (primary N) is 1. The van der Waals surface area contributed by atoms with Gasteiger partial charge in [-0.25, -0.2) is 0 Å². The van der Waals surface area contributed by atoms with Crippen molar-refractivity contribution in [1.29, 1.82) is 0 Å². The highest BCUT2D eigenvalue weighted by Gasteiger charge is 2.18. The van der Waals surface area contributed by atoms with Gasteiger partial charge < -0.3 is 15.8 Å². The molecule has 0 aliphatic rings. The van der Waals surface area contributed by atoms with Crippen LogP contribution in [0, 0.1) is 5.92 Å². The van der Waals surface area contributed by atoms with Gasteiger partial charge in [0.25, 0.3) is 0 Å². The molecule has 0 heterocycles. The number of carbonyl (C=O) groups excluding carboxylic acids is 1. The van der Waals surface area contributed by atoms with E-state index in [0.717, 1.165) is 6.42 Å². The van der Waals surface area contributed by atoms with Crippen LogP contribution in [-0.2, 0) is 9.53 Å². The largest absolute Gasteiger partial charge is 0.385 e. The highest BCUT2D eigenvalue weighted by molar-refractivity contribution is 5.81. The highest BCUT2D eigenvalue weighted by Crippen LogP contribution is 1.99. The molecule has 0 saturated carbocycles. The zero-order valence-electron chi connectivity index (χ0n) is 9.54. The second-order valence-electron chi connectivity index (χ2n) is 3.96. The summed E-state index contributed by atoms with van der Waals surface area (Å²) >= 11 is 0. The highest BCUT2D eigenvalue weighted by atomic mass is 16.5. The first-order valence-electron chi connectivity index (χ1n) is 5.04. The van der Waals surface area contributed by atoms with Crippen LogP contribution in [0.15, 0.2) is 0 Å². The molecule has 84 valence electrons. The molecular weight excluding hydrogens is 180 g/mol. The van der Waals surface area contributed by atoms with E-state index in [1.165, 1.54) is 0 Å². The minimum atomic E-state index is -0.417. The normalized spacial score (nSPS) is 15.3. The molecule has 0 spiro atoms. The van der Waals surface area contributed by atoms with Gasteiger partial charge in [-0.1, -0.05) is 13.8 Å². The fourth-order valence-electron chi connectivity index (χ4n) is 1.01. The fraction of sp³-hybridized carbons (Fsp3) is 0.900. The first kappa shape index (κ1) is 13.4. The Morgan fingerprint density at radius 3 is 2.43 bits per heavy atom. The summed E-state index contributed by atoms with van der Waals surface area (Å²) in [5.74, 6) is 0.0910. The number of carbonyl (C=O) groups is 1. The number of hydrogen-bond donors (Lipinski definition) is 2. The van der Waals surface area contributed by atoms with Crippen molar-refractivity contribution in [3.8, 4) is 0 Å². The first-order valence-corrected chi connectivity index (χ1v) is 5.04. The summed E-state index contributed by atoms with van der Waals surface area (Å²) in [4.78, 5) is 11.5. The van der Waals surface area contributed by atoms with Gasteiger partial charge >= 0.3 is 0 Å². The van der Waals surface area contributed by atoms with Crippen molar-refractivity contribution in [2.75, 3.05) is 13.7 Å². The average molecular weight is 202 g/mol. The molecule has 4 nitrogen and oxygen atoms in total. The zero-order valence-corrected chi connectivity index (χ0v) is 9.54. The lowest BCUT2D eigenvalue weighted by Crippen LogP contribution is -2.47. The third-order valence-electron chi connectivity index (χ3n) is 2.16. The number of hydrogen-bond acceptors (Lipinski definition) is 3. The zero-order chi connectivity index (χ0) is 11.1. The van der Waals surface area contributed by atoms with E-state index in [4.69, 9.17) is 10.5 Å². The lowest BCUT2D eigenvalue weighted by atomic mass is 10.0. The van der Waals surface area contributed by atoms with E-state index in [-0.39, 0.29) is 17.9 Å². The maximum absolute atomic E-state index is 11.5. The molecule has 0 aliphatic carbocycles. The van der Waals surface area contributed by atoms with Crippen molar-refractivity contribution >= 4 is 5.91 Å². The van der Waals surface area contributed by atoms with Gasteiger partial charge in [-0.2, -0.15) is 0 Å². The molecule has 0 bridgehead atoms. The van der Waals surface area contributed by atoms with Gasteiger partial charge in [-0.05, 0) is 19.3 Å². The van der Waals surface area contributed by atoms with Crippen LogP contribution in [0.3, 0.4) is 0 Å². The number of amides is 1. The Morgan fingerprint density at radius 1 is 1.43 bits per heavy atom. The van der Waals surface area contributed by atoms with Crippen LogP contribution in [0.25, 0.3) is 0 Å². The Hall–Kier alpha value is -0.610. The summed E-state index contributed by atoms with van der Waals surface area (Å²) in [6.45, 7) is 6.47. The quantitative estimate of drug-likeness (QED) is 0.659. The van der Waals surface area contributed by atoms with Crippen LogP contribution in [0.1, 0.15) is 27.2 Å². The molecule has 0 aromatic rings. The van der Waals surface area contributed by atoms with Gasteiger partial charge in [0.05, 0.1) is 6.04 Å². The molecule has 3 N–H and O–H groups in total. The summed E-state index contributed by atoms with van der Waals surface area (Å²) < 4.78 is 4.92. The SMILES string of the molecule is COCCC(C)NC(=O)C(N)C(C)C. The van der Waals surface area contributed by atoms with E-state index < -0.39 is 6.04 Å². The van der Waals surface area contributed by atoms with E-state index in [1.54, 1.807) is 7.11 Å². The molecular formula is C10H22N2O2. The lowest BCUT2D eigenvalue weighted by molar-refractivity contribution is -0.123. The summed E-state index contributed by atoms with van der Waals surface area (Å²) in [5, 5.41) is 2.85. The van der Waals surface area contributed by atoms with Crippen LogP contribution < -0.4 is 11.1 Å². The third kappa shape index (κ3) is 5.19. The van der Waals surface area contributed by atoms with Crippen LogP contribution in [0.5, 0.6) is 0 Å². The predicted molar refractivity (Wildman–Crippen MR) is 56.9 cm³/mol. The number of nitrogens with one attached hydrogen (secondary N) is 1. The molecule has 0 radical (unpaired) electrons. The van der Waals surface area contributed by atoms with E-state index in [1.807, 2.05) is 20.8 Å². The smallest absolute Gasteiger partial charge is 0.237 e. The Balaban J connectivity index is 3.81. The number of methoxy groups -OCH3 is 1. The summed E-state index contributed by atoms with van der Waals surface area (Å²) in [7, 11) is 1.65. The Bertz CT molecular complexity index is 172. The minimum absolute atomic E-state index is 0.0800. The van der Waals surface area contributed by atoms with Crippen molar-refractivity contribution in [2.45, 2.75) is 39.3 Å². The molecule has 0 rings (SSSR count). The molecule has 0 aliphatic heterocycles. The second-order valence-corrected chi connectivity index (χ2v) is 3.96. The predicted octanol–water partition coefficient (Wildman–Crippen LogP) is 0.511. The Labute approximate surface area is 86.2 Å². The molecule has 0 saturated heterocycles. The van der Waals surface area contributed by atoms with Crippen molar-refractivity contribution in [1.82, 2.24) is 5.32 Å². The summed E-state index contributed by atoms with van der Waals surface area (Å²) in [6.07, 6.45) is 0.813. The van der Waals surface area contributed by atoms with E-state index >= 15 is 0 Å². The van der Waals surface area contributed by atoms with Crippen molar-refractivity contribution in [3.63, 3.8) is 0 Å². The maximum atomic E-state index is 11.5. The molecule has 0 aromatic heterocycles. The third-order valence-corrected chi connectivity index (χ3v) is 2.16. The van der Waals surface area contributed by atoms with Crippen molar-refractivity contribution < 1.29 is 9.53 Å². The minimum Gasteiger partial charge on any atom is -0.385 e.